The Hall–Kier alpha value is -1.75. The van der Waals surface area contributed by atoms with Crippen LogP contribution < -0.4 is 5.73 Å². The second kappa shape index (κ2) is 4.85. The van der Waals surface area contributed by atoms with Crippen molar-refractivity contribution in [2.24, 2.45) is 5.73 Å². The highest BCUT2D eigenvalue weighted by atomic mass is 19.1. The van der Waals surface area contributed by atoms with Gasteiger partial charge in [-0.1, -0.05) is 5.57 Å². The van der Waals surface area contributed by atoms with Crippen LogP contribution in [0.1, 0.15) is 24.9 Å². The first-order valence-electron chi connectivity index (χ1n) is 4.75. The maximum Gasteiger partial charge on any atom is 0.269 e. The summed E-state index contributed by atoms with van der Waals surface area (Å²) in [6.07, 6.45) is 0.401. The van der Waals surface area contributed by atoms with Gasteiger partial charge in [0.15, 0.2) is 0 Å². The average molecular weight is 224 g/mol. The standard InChI is InChI=1S/C11H13FN2O2/c1-7(2)5-11(13)9-6-8(14(15)16)3-4-10(9)12/h3-4,6,11H,1,5,13H2,2H3/t11-/m1/s1. The largest absolute Gasteiger partial charge is 0.324 e. The molecule has 0 unspecified atom stereocenters. The van der Waals surface area contributed by atoms with Crippen LogP contribution in [0.3, 0.4) is 0 Å². The minimum atomic E-state index is -0.600. The van der Waals surface area contributed by atoms with Crippen LogP contribution in [0.4, 0.5) is 10.1 Å². The molecule has 0 aliphatic rings. The maximum absolute atomic E-state index is 13.4. The molecule has 1 atom stereocenters. The van der Waals surface area contributed by atoms with Crippen molar-refractivity contribution in [2.45, 2.75) is 19.4 Å². The van der Waals surface area contributed by atoms with E-state index in [0.29, 0.717) is 6.42 Å². The third-order valence-electron chi connectivity index (χ3n) is 2.16. The van der Waals surface area contributed by atoms with Crippen LogP contribution >= 0.6 is 0 Å². The lowest BCUT2D eigenvalue weighted by atomic mass is 10.0. The fourth-order valence-corrected chi connectivity index (χ4v) is 1.41. The van der Waals surface area contributed by atoms with Gasteiger partial charge < -0.3 is 5.73 Å². The van der Waals surface area contributed by atoms with Gasteiger partial charge in [-0.25, -0.2) is 4.39 Å². The van der Waals surface area contributed by atoms with Gasteiger partial charge >= 0.3 is 0 Å². The minimum Gasteiger partial charge on any atom is -0.324 e. The zero-order chi connectivity index (χ0) is 12.3. The van der Waals surface area contributed by atoms with Crippen LogP contribution in [0.25, 0.3) is 0 Å². The van der Waals surface area contributed by atoms with Crippen molar-refractivity contribution < 1.29 is 9.31 Å². The molecule has 0 spiro atoms. The fourth-order valence-electron chi connectivity index (χ4n) is 1.41. The van der Waals surface area contributed by atoms with Gasteiger partial charge in [-0.3, -0.25) is 10.1 Å². The van der Waals surface area contributed by atoms with Crippen LogP contribution in [0.2, 0.25) is 0 Å². The van der Waals surface area contributed by atoms with Crippen molar-refractivity contribution in [3.8, 4) is 0 Å². The van der Waals surface area contributed by atoms with Gasteiger partial charge in [0.1, 0.15) is 5.82 Å². The summed E-state index contributed by atoms with van der Waals surface area (Å²) in [7, 11) is 0. The molecule has 86 valence electrons. The molecule has 0 radical (unpaired) electrons. The zero-order valence-electron chi connectivity index (χ0n) is 8.94. The Balaban J connectivity index is 3.06. The normalized spacial score (nSPS) is 12.2. The van der Waals surface area contributed by atoms with Crippen LogP contribution in [-0.2, 0) is 0 Å². The van der Waals surface area contributed by atoms with E-state index in [1.54, 1.807) is 6.92 Å². The number of nitrogens with zero attached hydrogens (tertiary/aromatic N) is 1. The molecule has 0 fully saturated rings. The first-order valence-corrected chi connectivity index (χ1v) is 4.75. The molecule has 2 N–H and O–H groups in total. The van der Waals surface area contributed by atoms with Crippen molar-refractivity contribution in [3.05, 3.63) is 51.8 Å². The monoisotopic (exact) mass is 224 g/mol. The summed E-state index contributed by atoms with van der Waals surface area (Å²) < 4.78 is 13.4. The number of halogens is 1. The molecule has 5 heteroatoms. The summed E-state index contributed by atoms with van der Waals surface area (Å²) >= 11 is 0. The Kier molecular flexibility index (Phi) is 3.73. The summed E-state index contributed by atoms with van der Waals surface area (Å²) in [5.74, 6) is -0.528. The number of nitro benzene ring substituents is 1. The van der Waals surface area contributed by atoms with E-state index < -0.39 is 16.8 Å². The van der Waals surface area contributed by atoms with Gasteiger partial charge in [-0.2, -0.15) is 0 Å². The summed E-state index contributed by atoms with van der Waals surface area (Å²) in [5, 5.41) is 10.5. The Bertz CT molecular complexity index is 432. The zero-order valence-corrected chi connectivity index (χ0v) is 8.94. The van der Waals surface area contributed by atoms with Gasteiger partial charge in [-0.15, -0.1) is 6.58 Å². The van der Waals surface area contributed by atoms with Gasteiger partial charge in [0.05, 0.1) is 4.92 Å². The van der Waals surface area contributed by atoms with Crippen LogP contribution in [-0.4, -0.2) is 4.92 Å². The Morgan fingerprint density at radius 2 is 2.31 bits per heavy atom. The van der Waals surface area contributed by atoms with E-state index in [1.165, 1.54) is 6.07 Å². The van der Waals surface area contributed by atoms with Crippen molar-refractivity contribution >= 4 is 5.69 Å². The first kappa shape index (κ1) is 12.3. The highest BCUT2D eigenvalue weighted by Gasteiger charge is 2.16. The second-order valence-electron chi connectivity index (χ2n) is 3.73. The molecule has 1 aromatic carbocycles. The van der Waals surface area contributed by atoms with E-state index in [9.17, 15) is 14.5 Å². The second-order valence-corrected chi connectivity index (χ2v) is 3.73. The molecule has 4 nitrogen and oxygen atoms in total. The lowest BCUT2D eigenvalue weighted by molar-refractivity contribution is -0.385. The van der Waals surface area contributed by atoms with E-state index in [-0.39, 0.29) is 11.3 Å². The van der Waals surface area contributed by atoms with Crippen molar-refractivity contribution in [1.29, 1.82) is 0 Å². The fraction of sp³-hybridized carbons (Fsp3) is 0.273. The van der Waals surface area contributed by atoms with E-state index in [1.807, 2.05) is 0 Å². The number of nitrogens with two attached hydrogens (primary N) is 1. The highest BCUT2D eigenvalue weighted by Crippen LogP contribution is 2.24. The third kappa shape index (κ3) is 2.87. The molecule has 0 aliphatic heterocycles. The molecule has 16 heavy (non-hydrogen) atoms. The number of hydrogen-bond donors (Lipinski definition) is 1. The average Bonchev–Trinajstić information content (AvgIpc) is 2.16. The van der Waals surface area contributed by atoms with Crippen LogP contribution in [0.15, 0.2) is 30.4 Å². The van der Waals surface area contributed by atoms with Gasteiger partial charge in [0.25, 0.3) is 5.69 Å². The number of hydrogen-bond acceptors (Lipinski definition) is 3. The predicted octanol–water partition coefficient (Wildman–Crippen LogP) is 2.70. The molecule has 1 rings (SSSR count). The highest BCUT2D eigenvalue weighted by molar-refractivity contribution is 5.37. The smallest absolute Gasteiger partial charge is 0.269 e. The summed E-state index contributed by atoms with van der Waals surface area (Å²) in [5.41, 5.74) is 6.54. The molecule has 0 amide bonds. The molecule has 0 bridgehead atoms. The summed E-state index contributed by atoms with van der Waals surface area (Å²) in [6, 6.07) is 2.75. The topological polar surface area (TPSA) is 69.2 Å². The molecule has 0 saturated heterocycles. The van der Waals surface area contributed by atoms with Crippen LogP contribution in [0, 0.1) is 15.9 Å². The van der Waals surface area contributed by atoms with Crippen molar-refractivity contribution in [2.75, 3.05) is 0 Å². The predicted molar refractivity (Wildman–Crippen MR) is 59.4 cm³/mol. The quantitative estimate of drug-likeness (QED) is 0.485. The lowest BCUT2D eigenvalue weighted by Crippen LogP contribution is -2.12. The van der Waals surface area contributed by atoms with E-state index in [0.717, 1.165) is 17.7 Å². The number of rotatable bonds is 4. The molecule has 0 aromatic heterocycles. The number of nitro groups is 1. The Morgan fingerprint density at radius 3 is 2.81 bits per heavy atom. The summed E-state index contributed by atoms with van der Waals surface area (Å²) in [6.45, 7) is 5.44. The van der Waals surface area contributed by atoms with Crippen LogP contribution in [0.5, 0.6) is 0 Å². The van der Waals surface area contributed by atoms with Gasteiger partial charge in [-0.05, 0) is 19.4 Å². The van der Waals surface area contributed by atoms with Crippen molar-refractivity contribution in [1.82, 2.24) is 0 Å². The van der Waals surface area contributed by atoms with Crippen molar-refractivity contribution in [3.63, 3.8) is 0 Å². The molecule has 0 aliphatic carbocycles. The molecule has 0 saturated carbocycles. The third-order valence-corrected chi connectivity index (χ3v) is 2.16. The minimum absolute atomic E-state index is 0.150. The van der Waals surface area contributed by atoms with E-state index in [2.05, 4.69) is 6.58 Å². The van der Waals surface area contributed by atoms with E-state index in [4.69, 9.17) is 5.73 Å². The lowest BCUT2D eigenvalue weighted by Gasteiger charge is -2.12. The Morgan fingerprint density at radius 1 is 1.69 bits per heavy atom. The SMILES string of the molecule is C=C(C)C[C@@H](N)c1cc([N+](=O)[O-])ccc1F. The summed E-state index contributed by atoms with van der Waals surface area (Å²) in [4.78, 5) is 9.96. The number of benzene rings is 1. The van der Waals surface area contributed by atoms with Gasteiger partial charge in [0.2, 0.25) is 0 Å². The van der Waals surface area contributed by atoms with E-state index >= 15 is 0 Å². The molecule has 1 aromatic rings. The van der Waals surface area contributed by atoms with Gasteiger partial charge in [0, 0.05) is 23.7 Å². The maximum atomic E-state index is 13.4. The molecular formula is C11H13FN2O2. The Labute approximate surface area is 92.7 Å². The molecular weight excluding hydrogens is 211 g/mol. The number of non-ortho nitro benzene ring substituents is 1. The first-order chi connectivity index (χ1) is 7.41. The molecule has 0 heterocycles.